The summed E-state index contributed by atoms with van der Waals surface area (Å²) >= 11 is 0. The molecular formula is C27H27N5O3. The van der Waals surface area contributed by atoms with Gasteiger partial charge in [-0.15, -0.1) is 0 Å². The fourth-order valence-electron chi connectivity index (χ4n) is 5.26. The summed E-state index contributed by atoms with van der Waals surface area (Å²) in [6.07, 6.45) is 6.46. The average Bonchev–Trinajstić information content (AvgIpc) is 3.19. The first-order valence-corrected chi connectivity index (χ1v) is 12.2. The lowest BCUT2D eigenvalue weighted by Crippen LogP contribution is -2.66. The molecular weight excluding hydrogens is 442 g/mol. The van der Waals surface area contributed by atoms with Gasteiger partial charge in [-0.05, 0) is 49.1 Å². The first-order valence-electron chi connectivity index (χ1n) is 12.2. The molecule has 2 saturated heterocycles. The first-order chi connectivity index (χ1) is 17.0. The summed E-state index contributed by atoms with van der Waals surface area (Å²) < 4.78 is 12.9. The van der Waals surface area contributed by atoms with Crippen LogP contribution in [0.25, 0.3) is 17.0 Å². The van der Waals surface area contributed by atoms with Gasteiger partial charge < -0.3 is 19.4 Å². The van der Waals surface area contributed by atoms with Crippen LogP contribution in [0.5, 0.6) is 0 Å². The van der Waals surface area contributed by atoms with Crippen molar-refractivity contribution in [1.29, 1.82) is 0 Å². The zero-order chi connectivity index (χ0) is 23.7. The van der Waals surface area contributed by atoms with Gasteiger partial charge in [-0.25, -0.2) is 9.50 Å². The van der Waals surface area contributed by atoms with Gasteiger partial charge in [0.15, 0.2) is 0 Å². The van der Waals surface area contributed by atoms with Gasteiger partial charge in [-0.1, -0.05) is 13.0 Å². The number of oxazole rings is 1. The summed E-state index contributed by atoms with van der Waals surface area (Å²) in [6, 6.07) is 9.98. The molecule has 3 aromatic heterocycles. The molecule has 8 nitrogen and oxygen atoms in total. The molecule has 3 aliphatic rings. The zero-order valence-corrected chi connectivity index (χ0v) is 19.8. The van der Waals surface area contributed by atoms with Crippen molar-refractivity contribution in [3.63, 3.8) is 0 Å². The molecule has 8 heteroatoms. The van der Waals surface area contributed by atoms with Crippen LogP contribution in [-0.4, -0.2) is 46.8 Å². The molecule has 1 saturated carbocycles. The second-order valence-corrected chi connectivity index (χ2v) is 10.5. The largest absolute Gasteiger partial charge is 0.444 e. The minimum Gasteiger partial charge on any atom is -0.444 e. The number of hydrogen-bond acceptors (Lipinski definition) is 6. The van der Waals surface area contributed by atoms with Gasteiger partial charge in [0.1, 0.15) is 6.26 Å². The fraction of sp³-hybridized carbons (Fsp3) is 0.370. The van der Waals surface area contributed by atoms with Crippen LogP contribution in [-0.2, 0) is 4.74 Å². The Kier molecular flexibility index (Phi) is 4.39. The van der Waals surface area contributed by atoms with Crippen molar-refractivity contribution in [3.8, 4) is 11.5 Å². The normalized spacial score (nSPS) is 22.2. The van der Waals surface area contributed by atoms with Crippen molar-refractivity contribution in [2.24, 2.45) is 11.3 Å². The summed E-state index contributed by atoms with van der Waals surface area (Å²) in [6.45, 7) is 7.88. The highest BCUT2D eigenvalue weighted by molar-refractivity contribution is 6.09. The van der Waals surface area contributed by atoms with Crippen molar-refractivity contribution in [3.05, 3.63) is 65.8 Å². The Balaban J connectivity index is 1.13. The van der Waals surface area contributed by atoms with E-state index >= 15 is 0 Å². The number of hydrogen-bond donors (Lipinski definition) is 1. The average molecular weight is 470 g/mol. The van der Waals surface area contributed by atoms with Gasteiger partial charge in [0.05, 0.1) is 41.6 Å². The maximum Gasteiger partial charge on any atom is 0.259 e. The quantitative estimate of drug-likeness (QED) is 0.463. The maximum absolute atomic E-state index is 13.3. The van der Waals surface area contributed by atoms with Crippen molar-refractivity contribution < 1.29 is 13.9 Å². The van der Waals surface area contributed by atoms with E-state index in [1.54, 1.807) is 17.0 Å². The van der Waals surface area contributed by atoms with E-state index < -0.39 is 0 Å². The van der Waals surface area contributed by atoms with Crippen LogP contribution in [0.1, 0.15) is 40.9 Å². The number of fused-ring (bicyclic) bond motifs is 1. The summed E-state index contributed by atoms with van der Waals surface area (Å²) in [7, 11) is 0. The van der Waals surface area contributed by atoms with E-state index in [1.165, 1.54) is 0 Å². The highest BCUT2D eigenvalue weighted by Gasteiger charge is 2.49. The number of aryl methyl sites for hydroxylation is 1. The summed E-state index contributed by atoms with van der Waals surface area (Å²) in [4.78, 5) is 20.3. The second-order valence-electron chi connectivity index (χ2n) is 10.5. The van der Waals surface area contributed by atoms with E-state index in [-0.39, 0.29) is 5.91 Å². The summed E-state index contributed by atoms with van der Waals surface area (Å²) in [5.74, 6) is 1.56. The highest BCUT2D eigenvalue weighted by Crippen LogP contribution is 2.47. The van der Waals surface area contributed by atoms with Crippen LogP contribution in [0.2, 0.25) is 0 Å². The lowest BCUT2D eigenvalue weighted by molar-refractivity contribution is -0.127. The van der Waals surface area contributed by atoms with E-state index in [2.05, 4.69) is 33.3 Å². The lowest BCUT2D eigenvalue weighted by Gasteiger charge is -2.56. The third kappa shape index (κ3) is 3.43. The summed E-state index contributed by atoms with van der Waals surface area (Å²) in [5, 5.41) is 7.47. The third-order valence-electron chi connectivity index (χ3n) is 7.73. The first kappa shape index (κ1) is 20.7. The minimum absolute atomic E-state index is 0.190. The molecule has 0 radical (unpaired) electrons. The number of nitrogens with zero attached hydrogens (tertiary/aromatic N) is 4. The number of benzene rings is 1. The zero-order valence-electron chi connectivity index (χ0n) is 19.8. The molecule has 0 bridgehead atoms. The Morgan fingerprint density at radius 2 is 2.03 bits per heavy atom. The minimum atomic E-state index is -0.190. The number of amides is 1. The second kappa shape index (κ2) is 7.42. The molecule has 4 aromatic rings. The van der Waals surface area contributed by atoms with Crippen LogP contribution < -0.4 is 10.2 Å². The molecule has 35 heavy (non-hydrogen) atoms. The van der Waals surface area contributed by atoms with Gasteiger partial charge in [0.2, 0.25) is 5.89 Å². The molecule has 7 rings (SSSR count). The van der Waals surface area contributed by atoms with Crippen molar-refractivity contribution >= 4 is 22.8 Å². The monoisotopic (exact) mass is 469 g/mol. The number of aromatic nitrogens is 3. The Morgan fingerprint density at radius 3 is 2.77 bits per heavy atom. The number of carbonyl (C=O) groups is 1. The predicted molar refractivity (Wildman–Crippen MR) is 132 cm³/mol. The topological polar surface area (TPSA) is 84.9 Å². The highest BCUT2D eigenvalue weighted by atomic mass is 16.5. The lowest BCUT2D eigenvalue weighted by atomic mass is 9.78. The van der Waals surface area contributed by atoms with E-state index in [4.69, 9.17) is 9.15 Å². The number of anilines is 2. The number of rotatable bonds is 5. The molecule has 5 heterocycles. The van der Waals surface area contributed by atoms with Gasteiger partial charge in [0, 0.05) is 42.1 Å². The smallest absolute Gasteiger partial charge is 0.259 e. The molecule has 1 aromatic carbocycles. The molecule has 2 aliphatic heterocycles. The van der Waals surface area contributed by atoms with Crippen LogP contribution in [0.4, 0.5) is 11.4 Å². The molecule has 1 spiro atoms. The molecule has 0 unspecified atom stereocenters. The van der Waals surface area contributed by atoms with Crippen LogP contribution >= 0.6 is 0 Å². The Bertz CT molecular complexity index is 1460. The van der Waals surface area contributed by atoms with Crippen molar-refractivity contribution in [2.75, 3.05) is 36.5 Å². The summed E-state index contributed by atoms with van der Waals surface area (Å²) in [5.41, 5.74) is 6.32. The third-order valence-corrected chi connectivity index (χ3v) is 7.73. The number of pyridine rings is 1. The van der Waals surface area contributed by atoms with Gasteiger partial charge in [0.25, 0.3) is 5.91 Å². The van der Waals surface area contributed by atoms with E-state index in [1.807, 2.05) is 37.4 Å². The molecule has 178 valence electrons. The molecule has 3 fully saturated rings. The Hall–Kier alpha value is -3.65. The number of nitrogens with one attached hydrogen (secondary N) is 1. The Labute approximate surface area is 202 Å². The maximum atomic E-state index is 13.3. The SMILES string of the molecule is Cc1ccc(-c2nc([C@H]3C[C@@H]3C)co2)cc1NC(=O)c1cnn2ccc(N3CC4(COC4)C3)cc12. The Morgan fingerprint density at radius 1 is 1.20 bits per heavy atom. The van der Waals surface area contributed by atoms with E-state index in [0.717, 1.165) is 66.4 Å². The van der Waals surface area contributed by atoms with Gasteiger partial charge in [-0.2, -0.15) is 5.10 Å². The van der Waals surface area contributed by atoms with Gasteiger partial charge >= 0.3 is 0 Å². The number of ether oxygens (including phenoxy) is 1. The van der Waals surface area contributed by atoms with Crippen LogP contribution in [0.15, 0.2) is 53.4 Å². The van der Waals surface area contributed by atoms with Gasteiger partial charge in [-0.3, -0.25) is 4.79 Å². The molecule has 1 N–H and O–H groups in total. The molecule has 1 amide bonds. The fourth-order valence-corrected chi connectivity index (χ4v) is 5.26. The van der Waals surface area contributed by atoms with E-state index in [0.29, 0.717) is 28.7 Å². The van der Waals surface area contributed by atoms with Crippen LogP contribution in [0, 0.1) is 18.3 Å². The molecule has 2 atom stereocenters. The number of carbonyl (C=O) groups excluding carboxylic acids is 1. The van der Waals surface area contributed by atoms with E-state index in [9.17, 15) is 4.79 Å². The molecule has 1 aliphatic carbocycles. The van der Waals surface area contributed by atoms with Crippen molar-refractivity contribution in [2.45, 2.75) is 26.2 Å². The van der Waals surface area contributed by atoms with Crippen molar-refractivity contribution in [1.82, 2.24) is 14.6 Å². The standard InChI is InChI=1S/C27H27N5O3/c1-16-3-4-18(26-30-23(11-35-26)20-7-17(20)2)8-22(16)29-25(33)21-10-28-32-6-5-19(9-24(21)32)31-12-27(13-31)14-34-15-27/h3-6,8-11,17,20H,7,12-15H2,1-2H3,(H,29,33)/t17-,20-/m0/s1. The van der Waals surface area contributed by atoms with Crippen LogP contribution in [0.3, 0.4) is 0 Å². The predicted octanol–water partition coefficient (Wildman–Crippen LogP) is 4.51.